The van der Waals surface area contributed by atoms with Crippen molar-refractivity contribution in [3.05, 3.63) is 22.8 Å². The fourth-order valence-corrected chi connectivity index (χ4v) is 1.42. The number of primary amides is 1. The van der Waals surface area contributed by atoms with Crippen LogP contribution in [0.2, 0.25) is 5.02 Å². The molecule has 0 aliphatic heterocycles. The van der Waals surface area contributed by atoms with E-state index in [2.05, 4.69) is 15.6 Å². The second-order valence-corrected chi connectivity index (χ2v) is 5.14. The van der Waals surface area contributed by atoms with E-state index in [0.29, 0.717) is 11.4 Å². The first-order chi connectivity index (χ1) is 8.77. The van der Waals surface area contributed by atoms with Crippen molar-refractivity contribution in [2.45, 2.75) is 13.8 Å². The molecule has 6 nitrogen and oxygen atoms in total. The van der Waals surface area contributed by atoms with Crippen molar-refractivity contribution >= 4 is 29.2 Å². The first-order valence-electron chi connectivity index (χ1n) is 5.69. The van der Waals surface area contributed by atoms with Crippen LogP contribution in [0.3, 0.4) is 0 Å². The number of rotatable bonds is 5. The Morgan fingerprint density at radius 2 is 2.11 bits per heavy atom. The van der Waals surface area contributed by atoms with Crippen molar-refractivity contribution in [2.24, 2.45) is 11.1 Å². The maximum atomic E-state index is 12.0. The number of halogens is 1. The molecule has 0 aromatic carbocycles. The molecule has 104 valence electrons. The van der Waals surface area contributed by atoms with Crippen LogP contribution in [0.25, 0.3) is 0 Å². The number of amides is 2. The van der Waals surface area contributed by atoms with Gasteiger partial charge in [-0.2, -0.15) is 0 Å². The van der Waals surface area contributed by atoms with Crippen LogP contribution in [0.15, 0.2) is 12.3 Å². The maximum absolute atomic E-state index is 12.0. The Hall–Kier alpha value is -1.82. The number of hydrogen-bond acceptors (Lipinski definition) is 4. The van der Waals surface area contributed by atoms with E-state index in [0.717, 1.165) is 0 Å². The highest BCUT2D eigenvalue weighted by atomic mass is 35.5. The van der Waals surface area contributed by atoms with E-state index in [1.165, 1.54) is 12.3 Å². The molecule has 0 aliphatic carbocycles. The molecule has 0 atom stereocenters. The lowest BCUT2D eigenvalue weighted by Crippen LogP contribution is -2.42. The molecule has 2 amide bonds. The Labute approximate surface area is 116 Å². The van der Waals surface area contributed by atoms with Gasteiger partial charge in [0.2, 0.25) is 5.91 Å². The number of nitrogens with one attached hydrogen (secondary N) is 2. The molecule has 4 N–H and O–H groups in total. The van der Waals surface area contributed by atoms with Gasteiger partial charge in [-0.15, -0.1) is 0 Å². The highest BCUT2D eigenvalue weighted by Crippen LogP contribution is 2.18. The summed E-state index contributed by atoms with van der Waals surface area (Å²) in [6.45, 7) is 3.44. The topological polar surface area (TPSA) is 97.1 Å². The van der Waals surface area contributed by atoms with Gasteiger partial charge in [0.25, 0.3) is 5.91 Å². The third-order valence-corrected chi connectivity index (χ3v) is 3.02. The summed E-state index contributed by atoms with van der Waals surface area (Å²) in [5.41, 5.74) is 4.71. The van der Waals surface area contributed by atoms with Crippen molar-refractivity contribution < 1.29 is 9.59 Å². The molecule has 1 aromatic heterocycles. The number of pyridine rings is 1. The van der Waals surface area contributed by atoms with Crippen molar-refractivity contribution in [3.63, 3.8) is 0 Å². The molecule has 0 saturated heterocycles. The van der Waals surface area contributed by atoms with E-state index >= 15 is 0 Å². The molecule has 0 radical (unpaired) electrons. The minimum atomic E-state index is -0.818. The van der Waals surface area contributed by atoms with Crippen LogP contribution >= 0.6 is 11.6 Å². The number of anilines is 1. The molecular weight excluding hydrogens is 268 g/mol. The zero-order valence-electron chi connectivity index (χ0n) is 11.1. The van der Waals surface area contributed by atoms with E-state index in [1.54, 1.807) is 20.9 Å². The third-order valence-electron chi connectivity index (χ3n) is 2.71. The predicted octanol–water partition coefficient (Wildman–Crippen LogP) is 1.02. The highest BCUT2D eigenvalue weighted by Gasteiger charge is 2.26. The summed E-state index contributed by atoms with van der Waals surface area (Å²) in [6.07, 6.45) is 1.39. The molecule has 0 bridgehead atoms. The zero-order valence-corrected chi connectivity index (χ0v) is 11.8. The third kappa shape index (κ3) is 3.82. The molecule has 19 heavy (non-hydrogen) atoms. The Kier molecular flexibility index (Phi) is 4.72. The molecule has 0 unspecified atom stereocenters. The molecule has 1 aromatic rings. The predicted molar refractivity (Wildman–Crippen MR) is 74.1 cm³/mol. The zero-order chi connectivity index (χ0) is 14.6. The van der Waals surface area contributed by atoms with Gasteiger partial charge in [0, 0.05) is 19.8 Å². The summed E-state index contributed by atoms with van der Waals surface area (Å²) in [7, 11) is 1.69. The van der Waals surface area contributed by atoms with Gasteiger partial charge in [-0.25, -0.2) is 4.98 Å². The first kappa shape index (κ1) is 15.2. The number of carbonyl (C=O) groups excluding carboxylic acids is 2. The Bertz CT molecular complexity index is 503. The fourth-order valence-electron chi connectivity index (χ4n) is 1.23. The number of hydrogen-bond donors (Lipinski definition) is 3. The minimum Gasteiger partial charge on any atom is -0.373 e. The van der Waals surface area contributed by atoms with Gasteiger partial charge in [0.15, 0.2) is 0 Å². The van der Waals surface area contributed by atoms with E-state index in [-0.39, 0.29) is 17.5 Å². The summed E-state index contributed by atoms with van der Waals surface area (Å²) in [5.74, 6) is -0.327. The van der Waals surface area contributed by atoms with E-state index in [1.807, 2.05) is 0 Å². The van der Waals surface area contributed by atoms with Gasteiger partial charge in [0.05, 0.1) is 16.0 Å². The van der Waals surface area contributed by atoms with Crippen molar-refractivity contribution in [3.8, 4) is 0 Å². The molecule has 1 rings (SSSR count). The lowest BCUT2D eigenvalue weighted by atomic mass is 9.92. The van der Waals surface area contributed by atoms with Gasteiger partial charge in [-0.1, -0.05) is 11.6 Å². The second kappa shape index (κ2) is 5.88. The van der Waals surface area contributed by atoms with Crippen molar-refractivity contribution in [2.75, 3.05) is 18.9 Å². The lowest BCUT2D eigenvalue weighted by molar-refractivity contribution is -0.125. The SMILES string of the molecule is CNc1cc(C(=O)NCC(C)(C)C(N)=O)c(Cl)cn1. The molecule has 0 saturated carbocycles. The molecule has 0 spiro atoms. The van der Waals surface area contributed by atoms with Gasteiger partial charge in [-0.3, -0.25) is 9.59 Å². The second-order valence-electron chi connectivity index (χ2n) is 4.73. The Morgan fingerprint density at radius 3 is 2.63 bits per heavy atom. The Balaban J connectivity index is 2.82. The van der Waals surface area contributed by atoms with Crippen LogP contribution in [0.5, 0.6) is 0 Å². The summed E-state index contributed by atoms with van der Waals surface area (Å²) in [5, 5.41) is 5.69. The van der Waals surface area contributed by atoms with Crippen LogP contribution in [0, 0.1) is 5.41 Å². The monoisotopic (exact) mass is 284 g/mol. The number of nitrogens with two attached hydrogens (primary N) is 1. The largest absolute Gasteiger partial charge is 0.373 e. The first-order valence-corrected chi connectivity index (χ1v) is 6.07. The number of nitrogens with zero attached hydrogens (tertiary/aromatic N) is 1. The minimum absolute atomic E-state index is 0.134. The molecular formula is C12H17ClN4O2. The molecule has 0 fully saturated rings. The summed E-state index contributed by atoms with van der Waals surface area (Å²) in [4.78, 5) is 27.1. The van der Waals surface area contributed by atoms with Gasteiger partial charge in [-0.05, 0) is 19.9 Å². The van der Waals surface area contributed by atoms with E-state index < -0.39 is 11.3 Å². The van der Waals surface area contributed by atoms with Crippen LogP contribution in [0.1, 0.15) is 24.2 Å². The summed E-state index contributed by atoms with van der Waals surface area (Å²) >= 11 is 5.92. The van der Waals surface area contributed by atoms with Gasteiger partial charge < -0.3 is 16.4 Å². The number of aromatic nitrogens is 1. The van der Waals surface area contributed by atoms with E-state index in [9.17, 15) is 9.59 Å². The van der Waals surface area contributed by atoms with E-state index in [4.69, 9.17) is 17.3 Å². The average Bonchev–Trinajstić information content (AvgIpc) is 2.36. The van der Waals surface area contributed by atoms with Crippen molar-refractivity contribution in [1.82, 2.24) is 10.3 Å². The molecule has 1 heterocycles. The van der Waals surface area contributed by atoms with Crippen LogP contribution in [-0.4, -0.2) is 30.4 Å². The van der Waals surface area contributed by atoms with Crippen molar-refractivity contribution in [1.29, 1.82) is 0 Å². The fraction of sp³-hybridized carbons (Fsp3) is 0.417. The van der Waals surface area contributed by atoms with Crippen LogP contribution < -0.4 is 16.4 Å². The maximum Gasteiger partial charge on any atom is 0.253 e. The number of carbonyl (C=O) groups is 2. The molecule has 7 heteroatoms. The summed E-state index contributed by atoms with van der Waals surface area (Å²) < 4.78 is 0. The smallest absolute Gasteiger partial charge is 0.253 e. The lowest BCUT2D eigenvalue weighted by Gasteiger charge is -2.20. The normalized spacial score (nSPS) is 10.9. The van der Waals surface area contributed by atoms with Crippen LogP contribution in [-0.2, 0) is 4.79 Å². The van der Waals surface area contributed by atoms with Crippen LogP contribution in [0.4, 0.5) is 5.82 Å². The average molecular weight is 285 g/mol. The van der Waals surface area contributed by atoms with Gasteiger partial charge >= 0.3 is 0 Å². The van der Waals surface area contributed by atoms with Gasteiger partial charge in [0.1, 0.15) is 5.82 Å². The quantitative estimate of drug-likeness (QED) is 0.752. The standard InChI is InChI=1S/C12H17ClN4O2/c1-12(2,11(14)19)6-17-10(18)7-4-9(15-3)16-5-8(7)13/h4-5H,6H2,1-3H3,(H2,14,19)(H,15,16)(H,17,18). The highest BCUT2D eigenvalue weighted by molar-refractivity contribution is 6.33. The summed E-state index contributed by atoms with van der Waals surface area (Å²) in [6, 6.07) is 1.54. The Morgan fingerprint density at radius 1 is 1.47 bits per heavy atom. The molecule has 0 aliphatic rings.